The van der Waals surface area contributed by atoms with Gasteiger partial charge >= 0.3 is 6.18 Å². The minimum Gasteiger partial charge on any atom is -0.300 e. The van der Waals surface area contributed by atoms with Crippen molar-refractivity contribution in [2.24, 2.45) is 0 Å². The van der Waals surface area contributed by atoms with Crippen LogP contribution in [0.4, 0.5) is 13.2 Å². The number of alkyl halides is 3. The van der Waals surface area contributed by atoms with Crippen molar-refractivity contribution in [3.8, 4) is 11.1 Å². The van der Waals surface area contributed by atoms with Gasteiger partial charge < -0.3 is 0 Å². The molecule has 1 saturated heterocycles. The molecular weight excluding hydrogens is 367 g/mol. The zero-order valence-corrected chi connectivity index (χ0v) is 15.7. The zero-order chi connectivity index (χ0) is 19.9. The quantitative estimate of drug-likeness (QED) is 0.724. The number of likely N-dealkylation sites (tertiary alicyclic amines) is 1. The van der Waals surface area contributed by atoms with E-state index in [0.717, 1.165) is 63.7 Å². The summed E-state index contributed by atoms with van der Waals surface area (Å²) in [5.74, 6) is 0.00865. The van der Waals surface area contributed by atoms with Crippen molar-refractivity contribution in [3.63, 3.8) is 0 Å². The second-order valence-electron chi connectivity index (χ2n) is 8.08. The number of nitrogens with zero attached hydrogens (tertiary/aromatic N) is 1. The molecule has 6 heteroatoms. The van der Waals surface area contributed by atoms with Gasteiger partial charge in [-0.2, -0.15) is 13.2 Å². The Balaban J connectivity index is 1.68. The molecule has 0 N–H and O–H groups in total. The van der Waals surface area contributed by atoms with Crippen molar-refractivity contribution in [2.75, 3.05) is 13.1 Å². The summed E-state index contributed by atoms with van der Waals surface area (Å²) in [6, 6.07) is 4.87. The number of rotatable bonds is 3. The van der Waals surface area contributed by atoms with E-state index in [1.54, 1.807) is 0 Å². The first-order valence-electron chi connectivity index (χ1n) is 10.1. The lowest BCUT2D eigenvalue weighted by Crippen LogP contribution is -2.49. The molecule has 150 valence electrons. The molecule has 2 atom stereocenters. The fraction of sp³-hybridized carbons (Fsp3) is 0.545. The highest BCUT2D eigenvalue weighted by molar-refractivity contribution is 5.71. The fourth-order valence-electron chi connectivity index (χ4n) is 5.01. The van der Waals surface area contributed by atoms with Crippen LogP contribution in [0.3, 0.4) is 0 Å². The lowest BCUT2D eigenvalue weighted by atomic mass is 9.74. The molecule has 2 aromatic carbocycles. The number of hydrogen-bond acceptors (Lipinski definition) is 3. The Morgan fingerprint density at radius 2 is 1.46 bits per heavy atom. The van der Waals surface area contributed by atoms with E-state index in [0.29, 0.717) is 16.7 Å². The standard InChI is InChI=1S/C22H24F3NO2/c23-22(24,25)15-10-8-14(9-11-15)18-19(21(28)20(18)27)16-6-2-3-7-17(16)26-12-4-1-5-13-26/h8-11,16-17H,1-7,12-13H2/t16-,17-/m0/s1. The Morgan fingerprint density at radius 3 is 2.11 bits per heavy atom. The monoisotopic (exact) mass is 391 g/mol. The maximum atomic E-state index is 12.8. The van der Waals surface area contributed by atoms with Gasteiger partial charge in [-0.1, -0.05) is 31.4 Å². The maximum Gasteiger partial charge on any atom is 0.416 e. The molecule has 0 radical (unpaired) electrons. The van der Waals surface area contributed by atoms with Gasteiger partial charge in [0.25, 0.3) is 0 Å². The summed E-state index contributed by atoms with van der Waals surface area (Å²) < 4.78 is 38.5. The Bertz CT molecular complexity index is 903. The van der Waals surface area contributed by atoms with E-state index in [-0.39, 0.29) is 12.0 Å². The minimum absolute atomic E-state index is 0.00865. The van der Waals surface area contributed by atoms with Gasteiger partial charge in [0.1, 0.15) is 0 Å². The second kappa shape index (κ2) is 7.47. The van der Waals surface area contributed by atoms with Crippen LogP contribution in [0.25, 0.3) is 11.1 Å². The van der Waals surface area contributed by atoms with Gasteiger partial charge in [0.05, 0.1) is 5.56 Å². The normalized spacial score (nSPS) is 24.5. The van der Waals surface area contributed by atoms with Crippen molar-refractivity contribution >= 4 is 0 Å². The first-order valence-corrected chi connectivity index (χ1v) is 10.1. The SMILES string of the molecule is O=c1c(-c2ccc(C(F)(F)F)cc2)c([C@H]2CCCC[C@@H]2N2CCCCC2)c1=O. The molecule has 1 saturated carbocycles. The van der Waals surface area contributed by atoms with Crippen LogP contribution in [-0.4, -0.2) is 24.0 Å². The van der Waals surface area contributed by atoms with E-state index in [1.165, 1.54) is 18.6 Å². The molecule has 2 aromatic rings. The number of piperidine rings is 1. The van der Waals surface area contributed by atoms with E-state index in [1.807, 2.05) is 0 Å². The van der Waals surface area contributed by atoms with Crippen LogP contribution in [0.15, 0.2) is 33.9 Å². The summed E-state index contributed by atoms with van der Waals surface area (Å²) in [6.45, 7) is 2.04. The van der Waals surface area contributed by atoms with Crippen LogP contribution in [0, 0.1) is 0 Å². The summed E-state index contributed by atoms with van der Waals surface area (Å²) in [7, 11) is 0. The first kappa shape index (κ1) is 19.4. The average molecular weight is 391 g/mol. The molecular formula is C22H24F3NO2. The van der Waals surface area contributed by atoms with Crippen LogP contribution in [0.2, 0.25) is 0 Å². The molecule has 0 bridgehead atoms. The fourth-order valence-corrected chi connectivity index (χ4v) is 5.01. The predicted octanol–water partition coefficient (Wildman–Crippen LogP) is 4.48. The van der Waals surface area contributed by atoms with E-state index in [4.69, 9.17) is 0 Å². The highest BCUT2D eigenvalue weighted by Crippen LogP contribution is 2.40. The van der Waals surface area contributed by atoms with Crippen LogP contribution in [0.1, 0.15) is 62.0 Å². The smallest absolute Gasteiger partial charge is 0.300 e. The molecule has 0 unspecified atom stereocenters. The molecule has 28 heavy (non-hydrogen) atoms. The molecule has 3 nitrogen and oxygen atoms in total. The minimum atomic E-state index is -4.42. The number of benzene rings is 1. The molecule has 4 rings (SSSR count). The van der Waals surface area contributed by atoms with E-state index < -0.39 is 22.6 Å². The highest BCUT2D eigenvalue weighted by Gasteiger charge is 2.38. The van der Waals surface area contributed by atoms with Gasteiger partial charge in [0.15, 0.2) is 0 Å². The molecule has 0 aromatic heterocycles. The Morgan fingerprint density at radius 1 is 0.821 bits per heavy atom. The van der Waals surface area contributed by atoms with Crippen molar-refractivity contribution in [1.29, 1.82) is 0 Å². The van der Waals surface area contributed by atoms with Gasteiger partial charge in [0.2, 0.25) is 10.9 Å². The topological polar surface area (TPSA) is 37.4 Å². The summed E-state index contributed by atoms with van der Waals surface area (Å²) >= 11 is 0. The maximum absolute atomic E-state index is 12.8. The van der Waals surface area contributed by atoms with Crippen LogP contribution in [-0.2, 0) is 6.18 Å². The summed E-state index contributed by atoms with van der Waals surface area (Å²) in [4.78, 5) is 27.3. The van der Waals surface area contributed by atoms with E-state index >= 15 is 0 Å². The molecule has 1 aliphatic heterocycles. The third-order valence-electron chi connectivity index (χ3n) is 6.41. The predicted molar refractivity (Wildman–Crippen MR) is 102 cm³/mol. The van der Waals surface area contributed by atoms with Crippen LogP contribution in [0.5, 0.6) is 0 Å². The second-order valence-corrected chi connectivity index (χ2v) is 8.08. The van der Waals surface area contributed by atoms with Crippen LogP contribution < -0.4 is 10.9 Å². The lowest BCUT2D eigenvalue weighted by molar-refractivity contribution is -0.137. The molecule has 0 amide bonds. The van der Waals surface area contributed by atoms with Gasteiger partial charge in [-0.25, -0.2) is 0 Å². The van der Waals surface area contributed by atoms with Crippen LogP contribution >= 0.6 is 0 Å². The Kier molecular flexibility index (Phi) is 5.17. The molecule has 1 heterocycles. The molecule has 1 aliphatic carbocycles. The Labute approximate surface area is 161 Å². The van der Waals surface area contributed by atoms with Gasteiger partial charge in [0, 0.05) is 23.1 Å². The first-order chi connectivity index (χ1) is 13.4. The van der Waals surface area contributed by atoms with Gasteiger partial charge in [-0.3, -0.25) is 14.5 Å². The van der Waals surface area contributed by atoms with E-state index in [9.17, 15) is 22.8 Å². The van der Waals surface area contributed by atoms with Gasteiger partial charge in [-0.05, 0) is 56.5 Å². The largest absolute Gasteiger partial charge is 0.416 e. The third kappa shape index (κ3) is 3.43. The van der Waals surface area contributed by atoms with E-state index in [2.05, 4.69) is 4.90 Å². The summed E-state index contributed by atoms with van der Waals surface area (Å²) in [6.07, 6.45) is 3.11. The Hall–Kier alpha value is -1.95. The number of halogens is 3. The number of hydrogen-bond donors (Lipinski definition) is 0. The van der Waals surface area contributed by atoms with Crippen molar-refractivity contribution in [2.45, 2.75) is 63.1 Å². The zero-order valence-electron chi connectivity index (χ0n) is 15.7. The molecule has 0 spiro atoms. The molecule has 2 aliphatic rings. The van der Waals surface area contributed by atoms with Gasteiger partial charge in [-0.15, -0.1) is 0 Å². The summed E-state index contributed by atoms with van der Waals surface area (Å²) in [5.41, 5.74) is -0.426. The van der Waals surface area contributed by atoms with Crippen molar-refractivity contribution in [1.82, 2.24) is 4.90 Å². The third-order valence-corrected chi connectivity index (χ3v) is 6.41. The van der Waals surface area contributed by atoms with Crippen molar-refractivity contribution < 1.29 is 13.2 Å². The van der Waals surface area contributed by atoms with Crippen molar-refractivity contribution in [3.05, 3.63) is 55.8 Å². The molecule has 2 fully saturated rings. The summed E-state index contributed by atoms with van der Waals surface area (Å²) in [5, 5.41) is 0. The average Bonchev–Trinajstić information content (AvgIpc) is 2.71. The highest BCUT2D eigenvalue weighted by atomic mass is 19.4. The lowest BCUT2D eigenvalue weighted by Gasteiger charge is -2.42.